The van der Waals surface area contributed by atoms with E-state index in [0.29, 0.717) is 22.8 Å². The molecule has 0 fully saturated rings. The molecular weight excluding hydrogens is 416 g/mol. The number of benzene rings is 2. The summed E-state index contributed by atoms with van der Waals surface area (Å²) in [5.74, 6) is -0.624. The van der Waals surface area contributed by atoms with Crippen LogP contribution in [0.2, 0.25) is 0 Å². The minimum absolute atomic E-state index is 0.00292. The van der Waals surface area contributed by atoms with Crippen LogP contribution < -0.4 is 14.2 Å². The van der Waals surface area contributed by atoms with Crippen molar-refractivity contribution < 1.29 is 38.4 Å². The summed E-state index contributed by atoms with van der Waals surface area (Å²) >= 11 is 0. The van der Waals surface area contributed by atoms with Gasteiger partial charge >= 0.3 is 17.9 Å². The fourth-order valence-corrected chi connectivity index (χ4v) is 2.18. The molecule has 32 heavy (non-hydrogen) atoms. The number of aliphatic hydroxyl groups excluding tert-OH is 1. The number of rotatable bonds is 11. The standard InChI is InChI=1S/C24H22O8/c1-3-22(26)31-20-7-4-18(5-8-20)6-13-23(27)32-21-11-9-19(10-12-21)29-14-15-30-24(28)17(2)16-25/h3-13,25H,1-2,14-16H2/b13-6+. The van der Waals surface area contributed by atoms with Crippen LogP contribution in [0, 0.1) is 0 Å². The molecule has 8 heteroatoms. The molecule has 0 spiro atoms. The number of carbonyl (C=O) groups is 3. The first-order valence-corrected chi connectivity index (χ1v) is 9.44. The Labute approximate surface area is 185 Å². The minimum atomic E-state index is -0.682. The van der Waals surface area contributed by atoms with Gasteiger partial charge in [0.2, 0.25) is 0 Å². The lowest BCUT2D eigenvalue weighted by molar-refractivity contribution is -0.140. The van der Waals surface area contributed by atoms with Crippen LogP contribution in [0.1, 0.15) is 5.56 Å². The minimum Gasteiger partial charge on any atom is -0.490 e. The highest BCUT2D eigenvalue weighted by molar-refractivity contribution is 5.89. The summed E-state index contributed by atoms with van der Waals surface area (Å²) in [5.41, 5.74) is 0.684. The molecule has 1 N–H and O–H groups in total. The van der Waals surface area contributed by atoms with Gasteiger partial charge in [0, 0.05) is 12.2 Å². The van der Waals surface area contributed by atoms with Gasteiger partial charge in [0.25, 0.3) is 0 Å². The molecule has 166 valence electrons. The van der Waals surface area contributed by atoms with E-state index in [-0.39, 0.29) is 18.8 Å². The molecule has 0 radical (unpaired) electrons. The fourth-order valence-electron chi connectivity index (χ4n) is 2.18. The monoisotopic (exact) mass is 438 g/mol. The van der Waals surface area contributed by atoms with Crippen LogP contribution in [-0.2, 0) is 19.1 Å². The van der Waals surface area contributed by atoms with Crippen molar-refractivity contribution in [1.29, 1.82) is 0 Å². The van der Waals surface area contributed by atoms with Gasteiger partial charge < -0.3 is 24.1 Å². The maximum Gasteiger partial charge on any atom is 0.336 e. The molecule has 0 saturated heterocycles. The maximum absolute atomic E-state index is 12.0. The number of aliphatic hydroxyl groups is 1. The van der Waals surface area contributed by atoms with Crippen molar-refractivity contribution in [2.24, 2.45) is 0 Å². The SMILES string of the molecule is C=CC(=O)Oc1ccc(/C=C/C(=O)Oc2ccc(OCCOC(=O)C(=C)CO)cc2)cc1. The molecule has 2 rings (SSSR count). The van der Waals surface area contributed by atoms with E-state index in [1.54, 1.807) is 54.6 Å². The van der Waals surface area contributed by atoms with Crippen molar-refractivity contribution in [3.8, 4) is 17.2 Å². The van der Waals surface area contributed by atoms with Crippen LogP contribution >= 0.6 is 0 Å². The van der Waals surface area contributed by atoms with Crippen LogP contribution in [0.4, 0.5) is 0 Å². The lowest BCUT2D eigenvalue weighted by Crippen LogP contribution is -2.15. The average molecular weight is 438 g/mol. The van der Waals surface area contributed by atoms with Crippen LogP contribution in [0.3, 0.4) is 0 Å². The summed E-state index contributed by atoms with van der Waals surface area (Å²) in [6, 6.07) is 12.9. The van der Waals surface area contributed by atoms with Crippen LogP contribution in [-0.4, -0.2) is 42.8 Å². The van der Waals surface area contributed by atoms with E-state index in [2.05, 4.69) is 13.2 Å². The summed E-state index contributed by atoms with van der Waals surface area (Å²) in [4.78, 5) is 34.5. The van der Waals surface area contributed by atoms with Gasteiger partial charge in [0.05, 0.1) is 12.2 Å². The van der Waals surface area contributed by atoms with Crippen molar-refractivity contribution in [2.75, 3.05) is 19.8 Å². The Balaban J connectivity index is 1.77. The predicted molar refractivity (Wildman–Crippen MR) is 116 cm³/mol. The Kier molecular flexibility index (Phi) is 9.42. The Morgan fingerprint density at radius 1 is 0.844 bits per heavy atom. The van der Waals surface area contributed by atoms with Gasteiger partial charge in [-0.2, -0.15) is 0 Å². The summed E-state index contributed by atoms with van der Waals surface area (Å²) in [6.45, 7) is 6.32. The number of hydrogen-bond donors (Lipinski definition) is 1. The van der Waals surface area contributed by atoms with E-state index >= 15 is 0 Å². The van der Waals surface area contributed by atoms with E-state index < -0.39 is 24.5 Å². The molecule has 0 bridgehead atoms. The lowest BCUT2D eigenvalue weighted by atomic mass is 10.2. The topological polar surface area (TPSA) is 108 Å². The van der Waals surface area contributed by atoms with E-state index in [9.17, 15) is 14.4 Å². The van der Waals surface area contributed by atoms with E-state index in [0.717, 1.165) is 6.08 Å². The zero-order chi connectivity index (χ0) is 23.3. The third-order valence-electron chi connectivity index (χ3n) is 3.78. The normalized spacial score (nSPS) is 10.3. The van der Waals surface area contributed by atoms with Crippen LogP contribution in [0.5, 0.6) is 17.2 Å². The van der Waals surface area contributed by atoms with Crippen molar-refractivity contribution in [2.45, 2.75) is 0 Å². The Hall–Kier alpha value is -4.17. The average Bonchev–Trinajstić information content (AvgIpc) is 2.81. The molecule has 2 aromatic carbocycles. The van der Waals surface area contributed by atoms with Crippen LogP contribution in [0.15, 0.2) is 79.4 Å². The molecule has 0 aliphatic carbocycles. The zero-order valence-electron chi connectivity index (χ0n) is 17.2. The predicted octanol–water partition coefficient (Wildman–Crippen LogP) is 2.87. The summed E-state index contributed by atoms with van der Waals surface area (Å²) in [5, 5.41) is 8.77. The van der Waals surface area contributed by atoms with Crippen molar-refractivity contribution >= 4 is 24.0 Å². The second-order valence-corrected chi connectivity index (χ2v) is 6.17. The number of esters is 3. The summed E-state index contributed by atoms with van der Waals surface area (Å²) in [6.07, 6.45) is 3.90. The molecule has 0 atom stereocenters. The number of ether oxygens (including phenoxy) is 4. The van der Waals surface area contributed by atoms with Gasteiger partial charge in [0.15, 0.2) is 0 Å². The third kappa shape index (κ3) is 8.29. The van der Waals surface area contributed by atoms with Gasteiger partial charge in [-0.05, 0) is 48.0 Å². The highest BCUT2D eigenvalue weighted by atomic mass is 16.6. The molecule has 0 heterocycles. The first-order valence-electron chi connectivity index (χ1n) is 9.44. The fraction of sp³-hybridized carbons (Fsp3) is 0.125. The number of hydrogen-bond acceptors (Lipinski definition) is 8. The van der Waals surface area contributed by atoms with Crippen LogP contribution in [0.25, 0.3) is 6.08 Å². The molecule has 0 aliphatic rings. The first-order chi connectivity index (χ1) is 15.4. The smallest absolute Gasteiger partial charge is 0.336 e. The maximum atomic E-state index is 12.0. The summed E-state index contributed by atoms with van der Waals surface area (Å²) < 4.78 is 20.5. The van der Waals surface area contributed by atoms with Gasteiger partial charge in [-0.25, -0.2) is 14.4 Å². The van der Waals surface area contributed by atoms with Crippen molar-refractivity contribution in [3.63, 3.8) is 0 Å². The highest BCUT2D eigenvalue weighted by Crippen LogP contribution is 2.18. The van der Waals surface area contributed by atoms with Crippen molar-refractivity contribution in [3.05, 3.63) is 85.0 Å². The van der Waals surface area contributed by atoms with E-state index in [1.807, 2.05) is 0 Å². The Morgan fingerprint density at radius 2 is 1.41 bits per heavy atom. The molecule has 0 aliphatic heterocycles. The molecule has 0 aromatic heterocycles. The van der Waals surface area contributed by atoms with Crippen molar-refractivity contribution in [1.82, 2.24) is 0 Å². The molecule has 0 saturated carbocycles. The summed E-state index contributed by atoms with van der Waals surface area (Å²) in [7, 11) is 0. The third-order valence-corrected chi connectivity index (χ3v) is 3.78. The molecular formula is C24H22O8. The molecule has 2 aromatic rings. The molecule has 0 unspecified atom stereocenters. The lowest BCUT2D eigenvalue weighted by Gasteiger charge is -2.08. The van der Waals surface area contributed by atoms with E-state index in [1.165, 1.54) is 6.08 Å². The number of carbonyl (C=O) groups excluding carboxylic acids is 3. The molecule has 0 amide bonds. The molecule has 8 nitrogen and oxygen atoms in total. The van der Waals surface area contributed by atoms with E-state index in [4.69, 9.17) is 24.1 Å². The zero-order valence-corrected chi connectivity index (χ0v) is 17.2. The Morgan fingerprint density at radius 3 is 2.00 bits per heavy atom. The van der Waals surface area contributed by atoms with Gasteiger partial charge in [-0.1, -0.05) is 25.3 Å². The highest BCUT2D eigenvalue weighted by Gasteiger charge is 2.07. The van der Waals surface area contributed by atoms with Gasteiger partial charge in [-0.15, -0.1) is 0 Å². The second kappa shape index (κ2) is 12.5. The quantitative estimate of drug-likeness (QED) is 0.247. The second-order valence-electron chi connectivity index (χ2n) is 6.17. The Bertz CT molecular complexity index is 988. The largest absolute Gasteiger partial charge is 0.490 e. The first kappa shape index (κ1) is 24.1. The van der Waals surface area contributed by atoms with Gasteiger partial charge in [0.1, 0.15) is 30.5 Å². The van der Waals surface area contributed by atoms with Gasteiger partial charge in [-0.3, -0.25) is 0 Å².